The van der Waals surface area contributed by atoms with Crippen LogP contribution in [0.1, 0.15) is 23.0 Å². The van der Waals surface area contributed by atoms with E-state index in [0.717, 1.165) is 5.56 Å². The predicted octanol–water partition coefficient (Wildman–Crippen LogP) is 3.50. The van der Waals surface area contributed by atoms with E-state index < -0.39 is 18.0 Å². The number of aromatic nitrogens is 2. The number of hydrogen-bond acceptors (Lipinski definition) is 4. The van der Waals surface area contributed by atoms with Crippen molar-refractivity contribution in [2.24, 2.45) is 0 Å². The first-order valence-corrected chi connectivity index (χ1v) is 8.31. The lowest BCUT2D eigenvalue weighted by molar-refractivity contribution is -0.123. The van der Waals surface area contributed by atoms with E-state index in [4.69, 9.17) is 4.74 Å². The van der Waals surface area contributed by atoms with Crippen LogP contribution in [0.25, 0.3) is 5.69 Å². The summed E-state index contributed by atoms with van der Waals surface area (Å²) in [6, 6.07) is 12.9. The molecule has 0 saturated carbocycles. The SMILES string of the molecule is Cc1ccccc1NC(=O)[C@H](C)OC(=O)c1cncn1-c1ccc(F)cc1. The molecule has 1 atom stereocenters. The fraction of sp³-hybridized carbons (Fsp3) is 0.150. The van der Waals surface area contributed by atoms with Crippen molar-refractivity contribution in [1.82, 2.24) is 9.55 Å². The molecular formula is C20H18FN3O3. The third-order valence-corrected chi connectivity index (χ3v) is 4.01. The Bertz CT molecular complexity index is 967. The largest absolute Gasteiger partial charge is 0.448 e. The second-order valence-corrected chi connectivity index (χ2v) is 5.98. The normalized spacial score (nSPS) is 11.7. The Balaban J connectivity index is 1.70. The molecule has 1 amide bonds. The number of nitrogens with one attached hydrogen (secondary N) is 1. The molecule has 0 unspecified atom stereocenters. The lowest BCUT2D eigenvalue weighted by Gasteiger charge is -2.15. The first-order chi connectivity index (χ1) is 13.0. The Morgan fingerprint density at radius 1 is 1.15 bits per heavy atom. The lowest BCUT2D eigenvalue weighted by Crippen LogP contribution is -2.30. The maximum atomic E-state index is 13.1. The number of aryl methyl sites for hydroxylation is 1. The Labute approximate surface area is 155 Å². The van der Waals surface area contributed by atoms with Crippen LogP contribution in [0.5, 0.6) is 0 Å². The number of hydrogen-bond donors (Lipinski definition) is 1. The molecule has 0 spiro atoms. The number of imidazole rings is 1. The molecular weight excluding hydrogens is 349 g/mol. The highest BCUT2D eigenvalue weighted by atomic mass is 19.1. The van der Waals surface area contributed by atoms with Gasteiger partial charge in [0, 0.05) is 11.4 Å². The van der Waals surface area contributed by atoms with Crippen LogP contribution in [-0.2, 0) is 9.53 Å². The second kappa shape index (κ2) is 7.82. The standard InChI is InChI=1S/C20H18FN3O3/c1-13-5-3-4-6-17(13)23-19(25)14(2)27-20(26)18-11-22-12-24(18)16-9-7-15(21)8-10-16/h3-12,14H,1-2H3,(H,23,25)/t14-/m0/s1. The molecule has 0 aliphatic rings. The van der Waals surface area contributed by atoms with Crippen LogP contribution in [0.2, 0.25) is 0 Å². The summed E-state index contributed by atoms with van der Waals surface area (Å²) >= 11 is 0. The minimum Gasteiger partial charge on any atom is -0.448 e. The van der Waals surface area contributed by atoms with Crippen LogP contribution in [-0.4, -0.2) is 27.5 Å². The zero-order chi connectivity index (χ0) is 19.4. The number of para-hydroxylation sites is 1. The Kier molecular flexibility index (Phi) is 5.30. The van der Waals surface area contributed by atoms with Crippen molar-refractivity contribution in [3.8, 4) is 5.69 Å². The van der Waals surface area contributed by atoms with E-state index in [2.05, 4.69) is 10.3 Å². The van der Waals surface area contributed by atoms with Gasteiger partial charge < -0.3 is 10.1 Å². The average molecular weight is 367 g/mol. The topological polar surface area (TPSA) is 73.2 Å². The van der Waals surface area contributed by atoms with Crippen LogP contribution >= 0.6 is 0 Å². The van der Waals surface area contributed by atoms with Gasteiger partial charge in [0.15, 0.2) is 11.8 Å². The summed E-state index contributed by atoms with van der Waals surface area (Å²) in [5.41, 5.74) is 2.25. The maximum Gasteiger partial charge on any atom is 0.357 e. The van der Waals surface area contributed by atoms with Gasteiger partial charge in [-0.25, -0.2) is 14.2 Å². The molecule has 2 aromatic carbocycles. The van der Waals surface area contributed by atoms with Crippen molar-refractivity contribution in [3.63, 3.8) is 0 Å². The van der Waals surface area contributed by atoms with Crippen molar-refractivity contribution >= 4 is 17.6 Å². The first kappa shape index (κ1) is 18.3. The van der Waals surface area contributed by atoms with E-state index in [1.807, 2.05) is 19.1 Å². The number of benzene rings is 2. The molecule has 0 bridgehead atoms. The molecule has 3 aromatic rings. The Morgan fingerprint density at radius 3 is 2.56 bits per heavy atom. The first-order valence-electron chi connectivity index (χ1n) is 8.31. The minimum absolute atomic E-state index is 0.136. The molecule has 0 radical (unpaired) electrons. The molecule has 1 N–H and O–H groups in total. The third-order valence-electron chi connectivity index (χ3n) is 4.01. The highest BCUT2D eigenvalue weighted by Gasteiger charge is 2.22. The smallest absolute Gasteiger partial charge is 0.357 e. The van der Waals surface area contributed by atoms with Gasteiger partial charge in [-0.1, -0.05) is 18.2 Å². The number of rotatable bonds is 5. The van der Waals surface area contributed by atoms with Crippen molar-refractivity contribution in [3.05, 3.63) is 78.1 Å². The summed E-state index contributed by atoms with van der Waals surface area (Å²) in [6.07, 6.45) is 1.74. The molecule has 0 saturated heterocycles. The number of nitrogens with zero attached hydrogens (tertiary/aromatic N) is 2. The van der Waals surface area contributed by atoms with Crippen molar-refractivity contribution in [2.45, 2.75) is 20.0 Å². The molecule has 27 heavy (non-hydrogen) atoms. The summed E-state index contributed by atoms with van der Waals surface area (Å²) < 4.78 is 19.8. The maximum absolute atomic E-state index is 13.1. The van der Waals surface area contributed by atoms with Gasteiger partial charge in [0.05, 0.1) is 12.5 Å². The third kappa shape index (κ3) is 4.20. The van der Waals surface area contributed by atoms with Crippen LogP contribution in [0.3, 0.4) is 0 Å². The summed E-state index contributed by atoms with van der Waals surface area (Å²) in [5, 5.41) is 2.73. The number of carbonyl (C=O) groups is 2. The van der Waals surface area contributed by atoms with E-state index in [9.17, 15) is 14.0 Å². The van der Waals surface area contributed by atoms with Gasteiger partial charge in [0.2, 0.25) is 0 Å². The molecule has 1 aromatic heterocycles. The fourth-order valence-electron chi connectivity index (χ4n) is 2.48. The molecule has 0 aliphatic carbocycles. The predicted molar refractivity (Wildman–Crippen MR) is 98.2 cm³/mol. The van der Waals surface area contributed by atoms with Crippen LogP contribution < -0.4 is 5.32 Å². The Hall–Kier alpha value is -3.48. The van der Waals surface area contributed by atoms with Crippen molar-refractivity contribution in [2.75, 3.05) is 5.32 Å². The molecule has 138 valence electrons. The minimum atomic E-state index is -1.01. The Morgan fingerprint density at radius 2 is 1.85 bits per heavy atom. The van der Waals surface area contributed by atoms with Gasteiger partial charge in [0.25, 0.3) is 5.91 Å². The molecule has 3 rings (SSSR count). The van der Waals surface area contributed by atoms with Crippen LogP contribution in [0.15, 0.2) is 61.1 Å². The lowest BCUT2D eigenvalue weighted by atomic mass is 10.2. The summed E-state index contributed by atoms with van der Waals surface area (Å²) in [6.45, 7) is 3.36. The summed E-state index contributed by atoms with van der Waals surface area (Å²) in [5.74, 6) is -1.53. The number of ether oxygens (including phenoxy) is 1. The van der Waals surface area contributed by atoms with Gasteiger partial charge in [0.1, 0.15) is 5.82 Å². The molecule has 7 heteroatoms. The number of amides is 1. The quantitative estimate of drug-likeness (QED) is 0.701. The zero-order valence-electron chi connectivity index (χ0n) is 14.8. The van der Waals surface area contributed by atoms with E-state index in [1.54, 1.807) is 12.1 Å². The number of carbonyl (C=O) groups excluding carboxylic acids is 2. The zero-order valence-corrected chi connectivity index (χ0v) is 14.8. The van der Waals surface area contributed by atoms with Crippen molar-refractivity contribution in [1.29, 1.82) is 0 Å². The van der Waals surface area contributed by atoms with Gasteiger partial charge in [-0.05, 0) is 49.7 Å². The number of esters is 1. The van der Waals surface area contributed by atoms with Gasteiger partial charge in [-0.15, -0.1) is 0 Å². The van der Waals surface area contributed by atoms with Crippen molar-refractivity contribution < 1.29 is 18.7 Å². The van der Waals surface area contributed by atoms with Gasteiger partial charge in [-0.2, -0.15) is 0 Å². The summed E-state index contributed by atoms with van der Waals surface area (Å²) in [7, 11) is 0. The van der Waals surface area contributed by atoms with E-state index in [-0.39, 0.29) is 11.5 Å². The summed E-state index contributed by atoms with van der Waals surface area (Å²) in [4.78, 5) is 28.7. The monoisotopic (exact) mass is 367 g/mol. The fourth-order valence-corrected chi connectivity index (χ4v) is 2.48. The number of halogens is 1. The average Bonchev–Trinajstić information content (AvgIpc) is 3.14. The van der Waals surface area contributed by atoms with E-state index in [1.165, 1.54) is 48.3 Å². The highest BCUT2D eigenvalue weighted by Crippen LogP contribution is 2.16. The second-order valence-electron chi connectivity index (χ2n) is 5.98. The molecule has 6 nitrogen and oxygen atoms in total. The van der Waals surface area contributed by atoms with Crippen LogP contribution in [0.4, 0.5) is 10.1 Å². The molecule has 0 aliphatic heterocycles. The number of anilines is 1. The highest BCUT2D eigenvalue weighted by molar-refractivity contribution is 5.97. The van der Waals surface area contributed by atoms with E-state index >= 15 is 0 Å². The van der Waals surface area contributed by atoms with Gasteiger partial charge >= 0.3 is 5.97 Å². The molecule has 0 fully saturated rings. The molecule has 1 heterocycles. The van der Waals surface area contributed by atoms with E-state index in [0.29, 0.717) is 11.4 Å². The van der Waals surface area contributed by atoms with Crippen LogP contribution in [0, 0.1) is 12.7 Å². The van der Waals surface area contributed by atoms with Gasteiger partial charge in [-0.3, -0.25) is 9.36 Å².